The van der Waals surface area contributed by atoms with E-state index in [2.05, 4.69) is 11.9 Å². The fourth-order valence-corrected chi connectivity index (χ4v) is 4.61. The van der Waals surface area contributed by atoms with E-state index >= 15 is 0 Å². The minimum absolute atomic E-state index is 0.0125. The molecule has 13 heteroatoms. The highest BCUT2D eigenvalue weighted by Crippen LogP contribution is 2.28. The lowest BCUT2D eigenvalue weighted by Gasteiger charge is -2.47. The molecule has 0 aromatic heterocycles. The Morgan fingerprint density at radius 1 is 1.18 bits per heavy atom. The SMILES string of the molecule is C=CCN(CC)N(C(=O)NCc1ccccc1)[C@H]1CN(Cc2cccc(N)c2N(N)CC(N)=O)C(=O)CN1C=O. The Morgan fingerprint density at radius 3 is 2.52 bits per heavy atom. The zero-order valence-corrected chi connectivity index (χ0v) is 22.6. The van der Waals surface area contributed by atoms with Crippen LogP contribution < -0.4 is 27.6 Å². The second kappa shape index (κ2) is 14.0. The first-order chi connectivity index (χ1) is 19.2. The number of nitrogens with zero attached hydrogens (tertiary/aromatic N) is 5. The van der Waals surface area contributed by atoms with Crippen molar-refractivity contribution in [3.63, 3.8) is 0 Å². The third-order valence-corrected chi connectivity index (χ3v) is 6.48. The van der Waals surface area contributed by atoms with Gasteiger partial charge >= 0.3 is 6.03 Å². The van der Waals surface area contributed by atoms with Crippen LogP contribution in [0, 0.1) is 0 Å². The van der Waals surface area contributed by atoms with Crippen molar-refractivity contribution in [2.75, 3.05) is 43.5 Å². The van der Waals surface area contributed by atoms with Crippen LogP contribution in [0.4, 0.5) is 16.2 Å². The summed E-state index contributed by atoms with van der Waals surface area (Å²) in [6.45, 7) is 6.29. The van der Waals surface area contributed by atoms with E-state index < -0.39 is 18.1 Å². The van der Waals surface area contributed by atoms with Crippen molar-refractivity contribution in [2.24, 2.45) is 11.6 Å². The van der Waals surface area contributed by atoms with Crippen molar-refractivity contribution >= 4 is 35.6 Å². The van der Waals surface area contributed by atoms with Gasteiger partial charge in [-0.3, -0.25) is 19.4 Å². The number of amides is 5. The number of hydrazine groups is 2. The summed E-state index contributed by atoms with van der Waals surface area (Å²) in [5.41, 5.74) is 13.6. The Balaban J connectivity index is 1.92. The van der Waals surface area contributed by atoms with Gasteiger partial charge in [-0.2, -0.15) is 0 Å². The largest absolute Gasteiger partial charge is 0.397 e. The van der Waals surface area contributed by atoms with Gasteiger partial charge in [0.25, 0.3) is 0 Å². The van der Waals surface area contributed by atoms with Gasteiger partial charge in [0.05, 0.1) is 17.9 Å². The zero-order valence-electron chi connectivity index (χ0n) is 22.6. The Bertz CT molecular complexity index is 1210. The first-order valence-corrected chi connectivity index (χ1v) is 12.8. The number of piperazine rings is 1. The number of carbonyl (C=O) groups is 4. The standard InChI is InChI=1S/C27H37N9O4/c1-3-13-34(4-2)36(27(40)31-14-20-9-6-5-7-10-20)24-17-32(25(39)18-33(24)19-37)15-21-11-8-12-22(28)26(21)35(30)16-23(29)38/h3,5-12,19,24H,1,4,13-18,28,30H2,2H3,(H2,29,38)(H,31,40)/t24-/m0/s1. The molecule has 13 nitrogen and oxygen atoms in total. The van der Waals surface area contributed by atoms with Crippen LogP contribution in [0.2, 0.25) is 0 Å². The molecule has 214 valence electrons. The van der Waals surface area contributed by atoms with E-state index in [0.29, 0.717) is 36.4 Å². The number of hydrogen-bond donors (Lipinski definition) is 4. The van der Waals surface area contributed by atoms with Gasteiger partial charge < -0.3 is 26.6 Å². The Labute approximate surface area is 233 Å². The quantitative estimate of drug-likeness (QED) is 0.0897. The molecule has 40 heavy (non-hydrogen) atoms. The van der Waals surface area contributed by atoms with Crippen LogP contribution in [0.3, 0.4) is 0 Å². The fraction of sp³-hybridized carbons (Fsp3) is 0.333. The first kappa shape index (κ1) is 29.9. The molecule has 2 aromatic rings. The molecule has 1 aliphatic heterocycles. The number of anilines is 2. The summed E-state index contributed by atoms with van der Waals surface area (Å²) in [6.07, 6.45) is 1.42. The Kier molecular flexibility index (Phi) is 10.4. The van der Waals surface area contributed by atoms with E-state index in [0.717, 1.165) is 10.6 Å². The van der Waals surface area contributed by atoms with Crippen molar-refractivity contribution < 1.29 is 19.2 Å². The van der Waals surface area contributed by atoms with E-state index in [1.807, 2.05) is 37.3 Å². The minimum Gasteiger partial charge on any atom is -0.397 e. The number of rotatable bonds is 13. The van der Waals surface area contributed by atoms with E-state index in [1.165, 1.54) is 14.8 Å². The maximum atomic E-state index is 13.6. The number of para-hydroxylation sites is 1. The third-order valence-electron chi connectivity index (χ3n) is 6.48. The number of nitrogen functional groups attached to an aromatic ring is 1. The van der Waals surface area contributed by atoms with E-state index in [4.69, 9.17) is 17.3 Å². The highest BCUT2D eigenvalue weighted by Gasteiger charge is 2.39. The molecule has 5 amide bonds. The molecule has 1 atom stereocenters. The molecule has 2 aromatic carbocycles. The molecular formula is C27H37N9O4. The highest BCUT2D eigenvalue weighted by atomic mass is 16.2. The molecule has 0 unspecified atom stereocenters. The molecule has 7 N–H and O–H groups in total. The number of likely N-dealkylation sites (N-methyl/N-ethyl adjacent to an activating group) is 1. The van der Waals surface area contributed by atoms with Crippen LogP contribution >= 0.6 is 0 Å². The Hall–Kier alpha value is -4.62. The van der Waals surface area contributed by atoms with Crippen molar-refractivity contribution in [1.82, 2.24) is 25.1 Å². The van der Waals surface area contributed by atoms with Crippen molar-refractivity contribution in [3.05, 3.63) is 72.3 Å². The second-order valence-corrected chi connectivity index (χ2v) is 9.26. The smallest absolute Gasteiger partial charge is 0.334 e. The van der Waals surface area contributed by atoms with Gasteiger partial charge in [0.2, 0.25) is 18.2 Å². The van der Waals surface area contributed by atoms with Gasteiger partial charge in [-0.05, 0) is 17.2 Å². The molecule has 0 bridgehead atoms. The summed E-state index contributed by atoms with van der Waals surface area (Å²) in [6, 6.07) is 14.1. The summed E-state index contributed by atoms with van der Waals surface area (Å²) in [5.74, 6) is 5.11. The van der Waals surface area contributed by atoms with Gasteiger partial charge in [0, 0.05) is 26.2 Å². The molecule has 0 spiro atoms. The van der Waals surface area contributed by atoms with Crippen LogP contribution in [-0.2, 0) is 27.5 Å². The summed E-state index contributed by atoms with van der Waals surface area (Å²) in [7, 11) is 0. The number of primary amides is 1. The summed E-state index contributed by atoms with van der Waals surface area (Å²) < 4.78 is 0. The minimum atomic E-state index is -0.810. The van der Waals surface area contributed by atoms with Gasteiger partial charge in [0.15, 0.2) is 0 Å². The van der Waals surface area contributed by atoms with Crippen LogP contribution in [0.25, 0.3) is 0 Å². The molecule has 3 rings (SSSR count). The molecule has 1 aliphatic rings. The number of urea groups is 1. The van der Waals surface area contributed by atoms with Crippen LogP contribution in [-0.4, -0.2) is 83.0 Å². The van der Waals surface area contributed by atoms with E-state index in [-0.39, 0.29) is 38.6 Å². The van der Waals surface area contributed by atoms with Gasteiger partial charge in [-0.25, -0.2) is 20.7 Å². The van der Waals surface area contributed by atoms with E-state index in [1.54, 1.807) is 29.3 Å². The normalized spacial score (nSPS) is 15.1. The lowest BCUT2D eigenvalue weighted by Crippen LogP contribution is -2.67. The first-order valence-electron chi connectivity index (χ1n) is 12.8. The number of carbonyl (C=O) groups excluding carboxylic acids is 4. The topological polar surface area (TPSA) is 175 Å². The summed E-state index contributed by atoms with van der Waals surface area (Å²) in [4.78, 5) is 53.2. The second-order valence-electron chi connectivity index (χ2n) is 9.26. The predicted octanol–water partition coefficient (Wildman–Crippen LogP) is 0.196. The molecule has 0 aliphatic carbocycles. The molecule has 1 fully saturated rings. The third kappa shape index (κ3) is 7.27. The maximum Gasteiger partial charge on any atom is 0.334 e. The fourth-order valence-electron chi connectivity index (χ4n) is 4.61. The zero-order chi connectivity index (χ0) is 29.2. The number of nitrogens with one attached hydrogen (secondary N) is 1. The molecule has 1 saturated heterocycles. The van der Waals surface area contributed by atoms with Crippen LogP contribution in [0.1, 0.15) is 18.1 Å². The maximum absolute atomic E-state index is 13.6. The monoisotopic (exact) mass is 551 g/mol. The average molecular weight is 552 g/mol. The highest BCUT2D eigenvalue weighted by molar-refractivity contribution is 5.84. The number of benzene rings is 2. The number of nitrogens with two attached hydrogens (primary N) is 3. The van der Waals surface area contributed by atoms with Crippen molar-refractivity contribution in [3.8, 4) is 0 Å². The summed E-state index contributed by atoms with van der Waals surface area (Å²) >= 11 is 0. The molecule has 1 heterocycles. The van der Waals surface area contributed by atoms with Gasteiger partial charge in [0.1, 0.15) is 19.3 Å². The molecule has 0 saturated carbocycles. The Morgan fingerprint density at radius 2 is 1.90 bits per heavy atom. The average Bonchev–Trinajstić information content (AvgIpc) is 2.93. The molecule has 0 radical (unpaired) electrons. The van der Waals surface area contributed by atoms with E-state index in [9.17, 15) is 19.2 Å². The molecular weight excluding hydrogens is 514 g/mol. The van der Waals surface area contributed by atoms with Gasteiger partial charge in [-0.1, -0.05) is 55.5 Å². The lowest BCUT2D eigenvalue weighted by atomic mass is 10.1. The van der Waals surface area contributed by atoms with Crippen molar-refractivity contribution in [2.45, 2.75) is 26.2 Å². The summed E-state index contributed by atoms with van der Waals surface area (Å²) in [5, 5.41) is 7.28. The van der Waals surface area contributed by atoms with Crippen LogP contribution in [0.5, 0.6) is 0 Å². The lowest BCUT2D eigenvalue weighted by molar-refractivity contribution is -0.157. The number of hydrogen-bond acceptors (Lipinski definition) is 8. The van der Waals surface area contributed by atoms with Gasteiger partial charge in [-0.15, -0.1) is 6.58 Å². The van der Waals surface area contributed by atoms with Crippen molar-refractivity contribution in [1.29, 1.82) is 0 Å². The van der Waals surface area contributed by atoms with Crippen LogP contribution in [0.15, 0.2) is 61.2 Å². The predicted molar refractivity (Wildman–Crippen MR) is 152 cm³/mol.